The van der Waals surface area contributed by atoms with Gasteiger partial charge in [0.1, 0.15) is 11.1 Å². The van der Waals surface area contributed by atoms with Gasteiger partial charge >= 0.3 is 5.97 Å². The van der Waals surface area contributed by atoms with Crippen molar-refractivity contribution in [3.63, 3.8) is 0 Å². The molecule has 3 unspecified atom stereocenters. The Morgan fingerprint density at radius 2 is 2.25 bits per heavy atom. The number of carboxylic acid groups (broad SMARTS) is 1. The molecule has 0 aromatic heterocycles. The zero-order chi connectivity index (χ0) is 15.0. The van der Waals surface area contributed by atoms with Gasteiger partial charge in [-0.3, -0.25) is 9.69 Å². The number of rotatable bonds is 6. The number of nitrogens with two attached hydrogens (primary N) is 1. The molecule has 1 amide bonds. The Morgan fingerprint density at radius 1 is 1.60 bits per heavy atom. The summed E-state index contributed by atoms with van der Waals surface area (Å²) in [5.41, 5.74) is 6.05. The fraction of sp³-hybridized carbons (Fsp3) is 0.667. The van der Waals surface area contributed by atoms with Crippen LogP contribution in [-0.2, 0) is 9.59 Å². The molecule has 0 spiro atoms. The average molecular weight is 318 g/mol. The molecule has 0 aromatic carbocycles. The molecule has 1 fully saturated rings. The van der Waals surface area contributed by atoms with Gasteiger partial charge in [-0.1, -0.05) is 11.8 Å². The van der Waals surface area contributed by atoms with Gasteiger partial charge in [0.25, 0.3) is 0 Å². The van der Waals surface area contributed by atoms with Crippen LogP contribution >= 0.6 is 23.5 Å². The van der Waals surface area contributed by atoms with E-state index in [1.165, 1.54) is 16.7 Å². The first-order valence-electron chi connectivity index (χ1n) is 6.30. The van der Waals surface area contributed by atoms with Gasteiger partial charge in [0.15, 0.2) is 0 Å². The van der Waals surface area contributed by atoms with Crippen molar-refractivity contribution in [2.45, 2.75) is 30.9 Å². The zero-order valence-electron chi connectivity index (χ0n) is 11.3. The van der Waals surface area contributed by atoms with Crippen molar-refractivity contribution in [1.82, 2.24) is 4.90 Å². The molecule has 112 valence electrons. The summed E-state index contributed by atoms with van der Waals surface area (Å²) >= 11 is 2.95. The van der Waals surface area contributed by atoms with Crippen LogP contribution in [0.1, 0.15) is 13.3 Å². The molecule has 4 N–H and O–H groups in total. The predicted octanol–water partition coefficient (Wildman–Crippen LogP) is 0.275. The summed E-state index contributed by atoms with van der Waals surface area (Å²) < 4.78 is 0. The number of carboxylic acids is 1. The lowest BCUT2D eigenvalue weighted by molar-refractivity contribution is -0.156. The molecule has 0 aromatic rings. The molecule has 20 heavy (non-hydrogen) atoms. The number of nitrogens with zero attached hydrogens (tertiary/aromatic N) is 1. The van der Waals surface area contributed by atoms with Gasteiger partial charge in [-0.2, -0.15) is 11.8 Å². The lowest BCUT2D eigenvalue weighted by Crippen LogP contribution is -2.60. The molecule has 0 aliphatic carbocycles. The van der Waals surface area contributed by atoms with Crippen LogP contribution in [0.4, 0.5) is 0 Å². The normalized spacial score (nSPS) is 28.2. The SMILES string of the molecule is CSCCC(N)C1=C(C(=O)O)N2C(=O)C(C(C)O)[C@@H]2S1. The number of aliphatic hydroxyl groups excluding tert-OH is 1. The van der Waals surface area contributed by atoms with Gasteiger partial charge in [0, 0.05) is 10.9 Å². The second-order valence-electron chi connectivity index (χ2n) is 4.89. The third-order valence-electron chi connectivity index (χ3n) is 3.50. The van der Waals surface area contributed by atoms with Crippen molar-refractivity contribution in [2.24, 2.45) is 11.7 Å². The minimum Gasteiger partial charge on any atom is -0.477 e. The third kappa shape index (κ3) is 2.45. The van der Waals surface area contributed by atoms with Crippen LogP contribution in [0.3, 0.4) is 0 Å². The van der Waals surface area contributed by atoms with Gasteiger partial charge in [-0.05, 0) is 25.4 Å². The van der Waals surface area contributed by atoms with E-state index in [1.54, 1.807) is 18.7 Å². The van der Waals surface area contributed by atoms with Crippen molar-refractivity contribution in [1.29, 1.82) is 0 Å². The summed E-state index contributed by atoms with van der Waals surface area (Å²) in [6, 6.07) is -0.383. The summed E-state index contributed by atoms with van der Waals surface area (Å²) in [5, 5.41) is 18.6. The quantitative estimate of drug-likeness (QED) is 0.604. The molecule has 0 radical (unpaired) electrons. The summed E-state index contributed by atoms with van der Waals surface area (Å²) in [6.45, 7) is 1.55. The number of aliphatic carboxylic acids is 1. The van der Waals surface area contributed by atoms with Crippen LogP contribution in [-0.4, -0.2) is 56.5 Å². The Balaban J connectivity index is 2.23. The molecule has 2 heterocycles. The monoisotopic (exact) mass is 318 g/mol. The van der Waals surface area contributed by atoms with Crippen molar-refractivity contribution in [2.75, 3.05) is 12.0 Å². The Bertz CT molecular complexity index is 466. The maximum absolute atomic E-state index is 12.0. The highest BCUT2D eigenvalue weighted by molar-refractivity contribution is 8.04. The lowest BCUT2D eigenvalue weighted by atomic mass is 9.92. The number of carbonyl (C=O) groups is 2. The number of aliphatic hydroxyl groups is 1. The van der Waals surface area contributed by atoms with E-state index in [0.29, 0.717) is 11.3 Å². The maximum atomic E-state index is 12.0. The van der Waals surface area contributed by atoms with Crippen molar-refractivity contribution < 1.29 is 19.8 Å². The fourth-order valence-corrected chi connectivity index (χ4v) is 4.59. The average Bonchev–Trinajstić information content (AvgIpc) is 2.70. The highest BCUT2D eigenvalue weighted by Gasteiger charge is 2.58. The fourth-order valence-electron chi connectivity index (χ4n) is 2.45. The highest BCUT2D eigenvalue weighted by Crippen LogP contribution is 2.51. The molecule has 2 aliphatic heterocycles. The topological polar surface area (TPSA) is 104 Å². The Morgan fingerprint density at radius 3 is 2.75 bits per heavy atom. The smallest absolute Gasteiger partial charge is 0.353 e. The summed E-state index contributed by atoms with van der Waals surface area (Å²) in [5.74, 6) is -1.18. The lowest BCUT2D eigenvalue weighted by Gasteiger charge is -2.43. The van der Waals surface area contributed by atoms with Crippen LogP contribution in [0.2, 0.25) is 0 Å². The van der Waals surface area contributed by atoms with Crippen molar-refractivity contribution in [3.8, 4) is 0 Å². The van der Waals surface area contributed by atoms with E-state index in [-0.39, 0.29) is 23.0 Å². The first-order chi connectivity index (χ1) is 9.40. The Hall–Kier alpha value is -0.700. The van der Waals surface area contributed by atoms with E-state index in [0.717, 1.165) is 5.75 Å². The summed E-state index contributed by atoms with van der Waals surface area (Å²) in [4.78, 5) is 25.2. The van der Waals surface area contributed by atoms with E-state index >= 15 is 0 Å². The number of β-lactam (4-membered cyclic amide) rings is 1. The molecule has 6 nitrogen and oxygen atoms in total. The van der Waals surface area contributed by atoms with Crippen molar-refractivity contribution >= 4 is 35.4 Å². The molecule has 2 rings (SSSR count). The van der Waals surface area contributed by atoms with E-state index in [1.807, 2.05) is 6.26 Å². The standard InChI is InChI=1S/C12H18N2O4S2/c1-5(15)7-10(16)14-8(12(17)18)9(20-11(7)14)6(13)3-4-19-2/h5-7,11,15H,3-4,13H2,1-2H3,(H,17,18)/t5?,6?,7?,11-/m0/s1. The van der Waals surface area contributed by atoms with Gasteiger partial charge in [-0.15, -0.1) is 0 Å². The molecular formula is C12H18N2O4S2. The minimum absolute atomic E-state index is 0.00416. The number of thioether (sulfide) groups is 2. The van der Waals surface area contributed by atoms with Gasteiger partial charge in [0.05, 0.1) is 12.0 Å². The molecule has 8 heteroatoms. The number of carbonyl (C=O) groups excluding carboxylic acids is 1. The van der Waals surface area contributed by atoms with Gasteiger partial charge < -0.3 is 15.9 Å². The summed E-state index contributed by atoms with van der Waals surface area (Å²) in [6.07, 6.45) is 1.84. The zero-order valence-corrected chi connectivity index (χ0v) is 12.9. The molecule has 0 bridgehead atoms. The number of hydrogen-bond acceptors (Lipinski definition) is 6. The van der Waals surface area contributed by atoms with E-state index < -0.39 is 18.0 Å². The van der Waals surface area contributed by atoms with Crippen LogP contribution in [0.15, 0.2) is 10.6 Å². The van der Waals surface area contributed by atoms with E-state index in [2.05, 4.69) is 0 Å². The van der Waals surface area contributed by atoms with E-state index in [9.17, 15) is 19.8 Å². The Kier molecular flexibility index (Phi) is 4.68. The van der Waals surface area contributed by atoms with Crippen LogP contribution < -0.4 is 5.73 Å². The molecule has 1 saturated heterocycles. The summed E-state index contributed by atoms with van der Waals surface area (Å²) in [7, 11) is 0. The minimum atomic E-state index is -1.13. The molecule has 0 saturated carbocycles. The van der Waals surface area contributed by atoms with Crippen LogP contribution in [0.5, 0.6) is 0 Å². The Labute approximate surface area is 125 Å². The predicted molar refractivity (Wildman–Crippen MR) is 79.0 cm³/mol. The van der Waals surface area contributed by atoms with Gasteiger partial charge in [-0.25, -0.2) is 4.79 Å². The first-order valence-corrected chi connectivity index (χ1v) is 8.57. The van der Waals surface area contributed by atoms with Crippen LogP contribution in [0, 0.1) is 5.92 Å². The second-order valence-corrected chi connectivity index (χ2v) is 7.03. The van der Waals surface area contributed by atoms with Crippen LogP contribution in [0.25, 0.3) is 0 Å². The van der Waals surface area contributed by atoms with Crippen molar-refractivity contribution in [3.05, 3.63) is 10.6 Å². The first kappa shape index (κ1) is 15.7. The highest BCUT2D eigenvalue weighted by atomic mass is 32.2. The third-order valence-corrected chi connectivity index (χ3v) is 5.64. The molecule has 2 aliphatic rings. The number of fused-ring (bicyclic) bond motifs is 1. The second kappa shape index (κ2) is 5.97. The number of hydrogen-bond donors (Lipinski definition) is 3. The van der Waals surface area contributed by atoms with Gasteiger partial charge in [0.2, 0.25) is 5.91 Å². The largest absolute Gasteiger partial charge is 0.477 e. The number of amides is 1. The molecule has 4 atom stereocenters. The maximum Gasteiger partial charge on any atom is 0.353 e. The molecular weight excluding hydrogens is 300 g/mol. The van der Waals surface area contributed by atoms with E-state index in [4.69, 9.17) is 5.73 Å².